The van der Waals surface area contributed by atoms with E-state index >= 15 is 0 Å². The Hall–Kier alpha value is -3.16. The zero-order valence-electron chi connectivity index (χ0n) is 15.4. The molecule has 0 unspecified atom stereocenters. The zero-order valence-corrected chi connectivity index (χ0v) is 15.4. The number of carbonyl (C=O) groups excluding carboxylic acids is 1. The van der Waals surface area contributed by atoms with Gasteiger partial charge in [-0.1, -0.05) is 42.5 Å². The van der Waals surface area contributed by atoms with E-state index in [1.54, 1.807) is 0 Å². The first-order chi connectivity index (χ1) is 13.5. The summed E-state index contributed by atoms with van der Waals surface area (Å²) in [7, 11) is 0. The van der Waals surface area contributed by atoms with E-state index in [4.69, 9.17) is 11.5 Å². The molecule has 3 rings (SSSR count). The quantitative estimate of drug-likeness (QED) is 0.402. The number of benzene rings is 2. The highest BCUT2D eigenvalue weighted by atomic mass is 16.4. The minimum Gasteiger partial charge on any atom is -0.480 e. The average Bonchev–Trinajstić information content (AvgIpc) is 3.10. The lowest BCUT2D eigenvalue weighted by molar-refractivity contribution is -0.141. The fraction of sp³-hybridized carbons (Fsp3) is 0.238. The van der Waals surface area contributed by atoms with Gasteiger partial charge < -0.3 is 26.9 Å². The molecule has 0 fully saturated rings. The molecule has 0 saturated carbocycles. The van der Waals surface area contributed by atoms with Crippen LogP contribution in [0.3, 0.4) is 0 Å². The van der Waals surface area contributed by atoms with Crippen LogP contribution in [0, 0.1) is 0 Å². The van der Waals surface area contributed by atoms with Crippen molar-refractivity contribution in [3.8, 4) is 0 Å². The van der Waals surface area contributed by atoms with Crippen molar-refractivity contribution >= 4 is 22.8 Å². The summed E-state index contributed by atoms with van der Waals surface area (Å²) in [6.45, 7) is 0.419. The van der Waals surface area contributed by atoms with Crippen LogP contribution in [0.4, 0.5) is 0 Å². The number of nitrogens with one attached hydrogen (secondary N) is 2. The van der Waals surface area contributed by atoms with E-state index in [1.807, 2.05) is 54.7 Å². The molecule has 0 bridgehead atoms. The van der Waals surface area contributed by atoms with Crippen LogP contribution in [0.2, 0.25) is 0 Å². The summed E-state index contributed by atoms with van der Waals surface area (Å²) < 4.78 is 0. The van der Waals surface area contributed by atoms with Crippen molar-refractivity contribution in [2.24, 2.45) is 11.5 Å². The summed E-state index contributed by atoms with van der Waals surface area (Å²) >= 11 is 0. The number of rotatable bonds is 8. The summed E-state index contributed by atoms with van der Waals surface area (Å²) in [6.07, 6.45) is 2.31. The smallest absolute Gasteiger partial charge is 0.326 e. The molecule has 146 valence electrons. The van der Waals surface area contributed by atoms with Gasteiger partial charge in [-0.15, -0.1) is 0 Å². The molecular weight excluding hydrogens is 356 g/mol. The molecule has 1 aromatic heterocycles. The highest BCUT2D eigenvalue weighted by molar-refractivity contribution is 5.88. The van der Waals surface area contributed by atoms with Gasteiger partial charge in [-0.25, -0.2) is 4.79 Å². The van der Waals surface area contributed by atoms with E-state index in [-0.39, 0.29) is 6.42 Å². The van der Waals surface area contributed by atoms with Gasteiger partial charge in [0.05, 0.1) is 6.04 Å². The minimum absolute atomic E-state index is 0.172. The lowest BCUT2D eigenvalue weighted by atomic mass is 10.0. The van der Waals surface area contributed by atoms with Gasteiger partial charge in [0.25, 0.3) is 0 Å². The molecule has 0 radical (unpaired) electrons. The lowest BCUT2D eigenvalue weighted by Gasteiger charge is -2.18. The molecule has 2 aromatic carbocycles. The second-order valence-electron chi connectivity index (χ2n) is 6.79. The first-order valence-electron chi connectivity index (χ1n) is 9.09. The molecule has 2 atom stereocenters. The van der Waals surface area contributed by atoms with Crippen LogP contribution >= 0.6 is 0 Å². The maximum Gasteiger partial charge on any atom is 0.326 e. The number of hydrogen-bond acceptors (Lipinski definition) is 4. The van der Waals surface area contributed by atoms with E-state index < -0.39 is 24.0 Å². The number of carbonyl (C=O) groups is 2. The fourth-order valence-corrected chi connectivity index (χ4v) is 3.16. The van der Waals surface area contributed by atoms with Crippen molar-refractivity contribution in [1.29, 1.82) is 0 Å². The highest BCUT2D eigenvalue weighted by Crippen LogP contribution is 2.18. The molecule has 1 amide bonds. The van der Waals surface area contributed by atoms with Crippen molar-refractivity contribution in [3.05, 3.63) is 71.4 Å². The Labute approximate surface area is 162 Å². The van der Waals surface area contributed by atoms with E-state index in [9.17, 15) is 14.7 Å². The van der Waals surface area contributed by atoms with Gasteiger partial charge in [0.15, 0.2) is 0 Å². The molecule has 0 aliphatic rings. The molecular formula is C21H24N4O3. The van der Waals surface area contributed by atoms with Crippen LogP contribution in [0.5, 0.6) is 0 Å². The number of H-pyrrole nitrogens is 1. The molecule has 7 N–H and O–H groups in total. The normalized spacial score (nSPS) is 13.2. The largest absolute Gasteiger partial charge is 0.480 e. The van der Waals surface area contributed by atoms with Gasteiger partial charge in [0.1, 0.15) is 6.04 Å². The predicted octanol–water partition coefficient (Wildman–Crippen LogP) is 1.31. The first kappa shape index (κ1) is 19.6. The summed E-state index contributed by atoms with van der Waals surface area (Å²) in [6, 6.07) is 13.2. The van der Waals surface area contributed by atoms with E-state index in [0.29, 0.717) is 13.0 Å². The number of aromatic amines is 1. The van der Waals surface area contributed by atoms with Gasteiger partial charge in [0.2, 0.25) is 5.91 Å². The molecule has 0 aliphatic carbocycles. The Balaban J connectivity index is 1.65. The molecule has 1 heterocycles. The van der Waals surface area contributed by atoms with Crippen LogP contribution in [0.1, 0.15) is 16.7 Å². The van der Waals surface area contributed by atoms with E-state index in [2.05, 4.69) is 10.3 Å². The van der Waals surface area contributed by atoms with Crippen molar-refractivity contribution in [2.75, 3.05) is 0 Å². The number of nitrogens with two attached hydrogens (primary N) is 2. The number of carboxylic acids is 1. The third-order valence-corrected chi connectivity index (χ3v) is 4.76. The number of hydrogen-bond donors (Lipinski definition) is 5. The molecule has 0 saturated heterocycles. The van der Waals surface area contributed by atoms with E-state index in [1.165, 1.54) is 0 Å². The third-order valence-electron chi connectivity index (χ3n) is 4.76. The summed E-state index contributed by atoms with van der Waals surface area (Å²) in [4.78, 5) is 27.2. The number of carboxylic acid groups (broad SMARTS) is 1. The number of para-hydroxylation sites is 1. The summed E-state index contributed by atoms with van der Waals surface area (Å²) in [5, 5.41) is 13.0. The van der Waals surface area contributed by atoms with Gasteiger partial charge in [-0.3, -0.25) is 4.79 Å². The van der Waals surface area contributed by atoms with Crippen LogP contribution in [-0.4, -0.2) is 34.1 Å². The number of fused-ring (bicyclic) bond motifs is 1. The van der Waals surface area contributed by atoms with Gasteiger partial charge >= 0.3 is 5.97 Å². The number of aliphatic carboxylic acids is 1. The molecule has 0 spiro atoms. The van der Waals surface area contributed by atoms with Gasteiger partial charge in [0, 0.05) is 30.1 Å². The van der Waals surface area contributed by atoms with Crippen LogP contribution in [-0.2, 0) is 29.0 Å². The Bertz CT molecular complexity index is 965. The molecule has 28 heavy (non-hydrogen) atoms. The van der Waals surface area contributed by atoms with Crippen LogP contribution < -0.4 is 16.8 Å². The van der Waals surface area contributed by atoms with Crippen molar-refractivity contribution in [1.82, 2.24) is 10.3 Å². The molecule has 7 heteroatoms. The SMILES string of the molecule is NCc1ccc(C[C@H](NC(=O)[C@H](N)Cc2c[nH]c3ccccc23)C(=O)O)cc1. The number of aromatic nitrogens is 1. The Morgan fingerprint density at radius 3 is 2.39 bits per heavy atom. The zero-order chi connectivity index (χ0) is 20.1. The Kier molecular flexibility index (Phi) is 6.08. The van der Waals surface area contributed by atoms with Gasteiger partial charge in [-0.05, 0) is 29.2 Å². The average molecular weight is 380 g/mol. The topological polar surface area (TPSA) is 134 Å². The summed E-state index contributed by atoms with van der Waals surface area (Å²) in [5.41, 5.74) is 15.3. The van der Waals surface area contributed by atoms with E-state index in [0.717, 1.165) is 27.6 Å². The maximum atomic E-state index is 12.5. The van der Waals surface area contributed by atoms with Crippen molar-refractivity contribution < 1.29 is 14.7 Å². The molecule has 7 nitrogen and oxygen atoms in total. The standard InChI is InChI=1S/C21H24N4O3/c22-11-14-7-5-13(6-8-14)9-19(21(27)28)25-20(26)17(23)10-15-12-24-18-4-2-1-3-16(15)18/h1-8,12,17,19,24H,9-11,22-23H2,(H,25,26)(H,27,28)/t17-,19+/m1/s1. The van der Waals surface area contributed by atoms with Crippen molar-refractivity contribution in [2.45, 2.75) is 31.5 Å². The maximum absolute atomic E-state index is 12.5. The third kappa shape index (κ3) is 4.57. The predicted molar refractivity (Wildman–Crippen MR) is 108 cm³/mol. The second kappa shape index (κ2) is 8.69. The molecule has 0 aliphatic heterocycles. The Morgan fingerprint density at radius 2 is 1.71 bits per heavy atom. The van der Waals surface area contributed by atoms with Crippen LogP contribution in [0.25, 0.3) is 10.9 Å². The van der Waals surface area contributed by atoms with Crippen LogP contribution in [0.15, 0.2) is 54.7 Å². The highest BCUT2D eigenvalue weighted by Gasteiger charge is 2.24. The van der Waals surface area contributed by atoms with Crippen molar-refractivity contribution in [3.63, 3.8) is 0 Å². The minimum atomic E-state index is -1.10. The molecule has 3 aromatic rings. The number of amides is 1. The Morgan fingerprint density at radius 1 is 1.04 bits per heavy atom. The summed E-state index contributed by atoms with van der Waals surface area (Å²) in [5.74, 6) is -1.59. The second-order valence-corrected chi connectivity index (χ2v) is 6.79. The first-order valence-corrected chi connectivity index (χ1v) is 9.09. The fourth-order valence-electron chi connectivity index (χ4n) is 3.16. The van der Waals surface area contributed by atoms with Gasteiger partial charge in [-0.2, -0.15) is 0 Å². The lowest BCUT2D eigenvalue weighted by Crippen LogP contribution is -2.50. The monoisotopic (exact) mass is 380 g/mol.